The molecule has 80 valence electrons. The third-order valence-corrected chi connectivity index (χ3v) is 3.19. The lowest BCUT2D eigenvalue weighted by atomic mass is 9.88. The van der Waals surface area contributed by atoms with Gasteiger partial charge in [-0.25, -0.2) is 0 Å². The second-order valence-corrected chi connectivity index (χ2v) is 4.26. The van der Waals surface area contributed by atoms with E-state index in [4.69, 9.17) is 0 Å². The third kappa shape index (κ3) is 2.07. The highest BCUT2D eigenvalue weighted by molar-refractivity contribution is 5.81. The van der Waals surface area contributed by atoms with Crippen molar-refractivity contribution in [2.45, 2.75) is 50.3 Å². The molecule has 3 N–H and O–H groups in total. The van der Waals surface area contributed by atoms with E-state index >= 15 is 0 Å². The largest absolute Gasteiger partial charge is 0.392 e. The van der Waals surface area contributed by atoms with Gasteiger partial charge >= 0.3 is 0 Å². The van der Waals surface area contributed by atoms with Crippen molar-refractivity contribution in [3.8, 4) is 0 Å². The van der Waals surface area contributed by atoms with Crippen molar-refractivity contribution in [1.82, 2.24) is 10.6 Å². The summed E-state index contributed by atoms with van der Waals surface area (Å²) in [4.78, 5) is 11.5. The number of aliphatic hydroxyl groups is 1. The molecule has 1 aliphatic heterocycles. The first-order valence-corrected chi connectivity index (χ1v) is 5.49. The molecule has 2 fully saturated rings. The average Bonchev–Trinajstić information content (AvgIpc) is 2.38. The first-order valence-electron chi connectivity index (χ1n) is 5.49. The Morgan fingerprint density at radius 1 is 1.29 bits per heavy atom. The van der Waals surface area contributed by atoms with Crippen molar-refractivity contribution in [3.05, 3.63) is 0 Å². The van der Waals surface area contributed by atoms with Gasteiger partial charge in [0.2, 0.25) is 5.91 Å². The van der Waals surface area contributed by atoms with Crippen LogP contribution in [0.4, 0.5) is 0 Å². The van der Waals surface area contributed by atoms with Crippen LogP contribution in [0, 0.1) is 0 Å². The van der Waals surface area contributed by atoms with E-state index in [0.717, 1.165) is 38.6 Å². The molecule has 0 radical (unpaired) electrons. The number of amides is 1. The van der Waals surface area contributed by atoms with Gasteiger partial charge in [0.15, 0.2) is 0 Å². The minimum absolute atomic E-state index is 0.0857. The Kier molecular flexibility index (Phi) is 3.03. The molecule has 3 atom stereocenters. The topological polar surface area (TPSA) is 61.4 Å². The summed E-state index contributed by atoms with van der Waals surface area (Å²) in [6, 6.07) is 0.0568. The van der Waals surface area contributed by atoms with E-state index in [1.165, 1.54) is 0 Å². The monoisotopic (exact) mass is 198 g/mol. The Hall–Kier alpha value is -0.610. The zero-order valence-electron chi connectivity index (χ0n) is 8.33. The molecular weight excluding hydrogens is 180 g/mol. The van der Waals surface area contributed by atoms with E-state index in [1.54, 1.807) is 0 Å². The molecule has 1 heterocycles. The zero-order chi connectivity index (χ0) is 9.97. The van der Waals surface area contributed by atoms with Gasteiger partial charge in [-0.1, -0.05) is 0 Å². The molecule has 1 saturated carbocycles. The van der Waals surface area contributed by atoms with Gasteiger partial charge in [0.1, 0.15) is 0 Å². The molecule has 2 rings (SSSR count). The van der Waals surface area contributed by atoms with E-state index in [9.17, 15) is 9.90 Å². The molecule has 4 nitrogen and oxygen atoms in total. The fourth-order valence-corrected chi connectivity index (χ4v) is 2.03. The molecule has 0 spiro atoms. The number of carbonyl (C=O) groups excluding carboxylic acids is 1. The minimum Gasteiger partial charge on any atom is -0.392 e. The first kappa shape index (κ1) is 9.93. The lowest BCUT2D eigenvalue weighted by Crippen LogP contribution is -2.55. The predicted molar refractivity (Wildman–Crippen MR) is 52.8 cm³/mol. The van der Waals surface area contributed by atoms with Gasteiger partial charge in [-0.15, -0.1) is 0 Å². The van der Waals surface area contributed by atoms with Crippen LogP contribution in [0.3, 0.4) is 0 Å². The summed E-state index contributed by atoms with van der Waals surface area (Å²) >= 11 is 0. The molecule has 1 amide bonds. The highest BCUT2D eigenvalue weighted by Gasteiger charge is 2.32. The Morgan fingerprint density at radius 3 is 2.79 bits per heavy atom. The molecule has 0 bridgehead atoms. The highest BCUT2D eigenvalue weighted by Crippen LogP contribution is 2.21. The van der Waals surface area contributed by atoms with Gasteiger partial charge < -0.3 is 15.7 Å². The summed E-state index contributed by atoms with van der Waals surface area (Å²) in [6.07, 6.45) is 4.66. The summed E-state index contributed by atoms with van der Waals surface area (Å²) in [6.45, 7) is 0.796. The summed E-state index contributed by atoms with van der Waals surface area (Å²) in [5.41, 5.74) is 0. The second kappa shape index (κ2) is 4.28. The lowest BCUT2D eigenvalue weighted by molar-refractivity contribution is -0.123. The maximum Gasteiger partial charge on any atom is 0.237 e. The number of rotatable bonds is 2. The fraction of sp³-hybridized carbons (Fsp3) is 0.900. The molecule has 3 unspecified atom stereocenters. The zero-order valence-corrected chi connectivity index (χ0v) is 8.33. The van der Waals surface area contributed by atoms with E-state index in [1.807, 2.05) is 0 Å². The van der Waals surface area contributed by atoms with Crippen molar-refractivity contribution in [2.75, 3.05) is 6.54 Å². The van der Waals surface area contributed by atoms with Gasteiger partial charge in [0.05, 0.1) is 12.1 Å². The number of nitrogens with one attached hydrogen (secondary N) is 2. The smallest absolute Gasteiger partial charge is 0.237 e. The Labute approximate surface area is 84.1 Å². The molecule has 2 aliphatic rings. The van der Waals surface area contributed by atoms with Crippen molar-refractivity contribution in [1.29, 1.82) is 0 Å². The van der Waals surface area contributed by atoms with E-state index in [2.05, 4.69) is 10.6 Å². The third-order valence-electron chi connectivity index (χ3n) is 3.19. The van der Waals surface area contributed by atoms with Crippen LogP contribution in [0.5, 0.6) is 0 Å². The van der Waals surface area contributed by atoms with Crippen LogP contribution in [0.15, 0.2) is 0 Å². The first-order chi connectivity index (χ1) is 6.77. The molecule has 14 heavy (non-hydrogen) atoms. The minimum atomic E-state index is -0.244. The highest BCUT2D eigenvalue weighted by atomic mass is 16.3. The van der Waals surface area contributed by atoms with E-state index in [0.29, 0.717) is 0 Å². The maximum absolute atomic E-state index is 11.5. The van der Waals surface area contributed by atoms with Crippen LogP contribution in [-0.4, -0.2) is 35.7 Å². The molecular formula is C10H18N2O2. The Balaban J connectivity index is 1.85. The molecule has 0 aromatic heterocycles. The predicted octanol–water partition coefficient (Wildman–Crippen LogP) is -0.232. The van der Waals surface area contributed by atoms with Gasteiger partial charge in [-0.05, 0) is 32.1 Å². The number of hydrogen-bond acceptors (Lipinski definition) is 3. The normalized spacial score (nSPS) is 38.4. The summed E-state index contributed by atoms with van der Waals surface area (Å²) < 4.78 is 0. The van der Waals surface area contributed by atoms with Crippen LogP contribution >= 0.6 is 0 Å². The summed E-state index contributed by atoms with van der Waals surface area (Å²) in [5.74, 6) is 0.0987. The second-order valence-electron chi connectivity index (χ2n) is 4.26. The van der Waals surface area contributed by atoms with Crippen molar-refractivity contribution in [2.24, 2.45) is 0 Å². The van der Waals surface area contributed by atoms with Crippen molar-refractivity contribution in [3.63, 3.8) is 0 Å². The van der Waals surface area contributed by atoms with Crippen LogP contribution < -0.4 is 10.6 Å². The summed E-state index contributed by atoms with van der Waals surface area (Å²) in [7, 11) is 0. The van der Waals surface area contributed by atoms with Crippen molar-refractivity contribution < 1.29 is 9.90 Å². The Bertz CT molecular complexity index is 220. The van der Waals surface area contributed by atoms with Gasteiger partial charge in [0.25, 0.3) is 0 Å². The lowest BCUT2D eigenvalue weighted by Gasteiger charge is -2.35. The van der Waals surface area contributed by atoms with Crippen LogP contribution in [-0.2, 0) is 4.79 Å². The molecule has 0 aromatic rings. The summed E-state index contributed by atoms with van der Waals surface area (Å²) in [5, 5.41) is 15.5. The van der Waals surface area contributed by atoms with Gasteiger partial charge in [-0.3, -0.25) is 4.79 Å². The molecule has 0 aromatic carbocycles. The van der Waals surface area contributed by atoms with Crippen LogP contribution in [0.2, 0.25) is 0 Å². The van der Waals surface area contributed by atoms with Gasteiger partial charge in [-0.2, -0.15) is 0 Å². The molecule has 4 heteroatoms. The standard InChI is InChI=1S/C10H18N2O2/c13-9-5-4-7(9)12-8-3-1-2-6-11-10(8)14/h7-9,12-13H,1-6H2,(H,11,14). The molecule has 1 aliphatic carbocycles. The Morgan fingerprint density at radius 2 is 2.14 bits per heavy atom. The number of hydrogen-bond donors (Lipinski definition) is 3. The van der Waals surface area contributed by atoms with Gasteiger partial charge in [0, 0.05) is 12.6 Å². The van der Waals surface area contributed by atoms with Crippen LogP contribution in [0.1, 0.15) is 32.1 Å². The van der Waals surface area contributed by atoms with Crippen LogP contribution in [0.25, 0.3) is 0 Å². The molecule has 1 saturated heterocycles. The van der Waals surface area contributed by atoms with E-state index in [-0.39, 0.29) is 24.1 Å². The maximum atomic E-state index is 11.5. The average molecular weight is 198 g/mol. The SMILES string of the molecule is O=C1NCCCCC1NC1CCC1O. The number of carbonyl (C=O) groups is 1. The quantitative estimate of drug-likeness (QED) is 0.574. The number of aliphatic hydroxyl groups excluding tert-OH is 1. The van der Waals surface area contributed by atoms with Crippen molar-refractivity contribution >= 4 is 5.91 Å². The fourth-order valence-electron chi connectivity index (χ4n) is 2.03. The van der Waals surface area contributed by atoms with E-state index < -0.39 is 0 Å².